The molecule has 0 aliphatic heterocycles. The first-order chi connectivity index (χ1) is 10.1. The predicted octanol–water partition coefficient (Wildman–Crippen LogP) is 5.63. The van der Waals surface area contributed by atoms with Crippen molar-refractivity contribution in [2.75, 3.05) is 11.6 Å². The maximum Gasteiger partial charge on any atom is 0.0517 e. The molecule has 0 bridgehead atoms. The van der Waals surface area contributed by atoms with Crippen molar-refractivity contribution in [3.63, 3.8) is 0 Å². The zero-order chi connectivity index (χ0) is 14.9. The van der Waals surface area contributed by atoms with E-state index in [4.69, 9.17) is 0 Å². The second-order valence-corrected chi connectivity index (χ2v) is 7.32. The normalized spacial score (nSPS) is 19.9. The van der Waals surface area contributed by atoms with Gasteiger partial charge in [0.1, 0.15) is 0 Å². The number of nitrogens with one attached hydrogen (secondary N) is 1. The maximum absolute atomic E-state index is 3.74. The summed E-state index contributed by atoms with van der Waals surface area (Å²) in [7, 11) is 0. The summed E-state index contributed by atoms with van der Waals surface area (Å²) in [6, 6.07) is 18.0. The molecule has 0 spiro atoms. The molecule has 0 amide bonds. The first kappa shape index (κ1) is 14.5. The smallest absolute Gasteiger partial charge is 0.0517 e. The van der Waals surface area contributed by atoms with Crippen molar-refractivity contribution in [1.29, 1.82) is 0 Å². The van der Waals surface area contributed by atoms with Gasteiger partial charge < -0.3 is 5.32 Å². The van der Waals surface area contributed by atoms with Crippen molar-refractivity contribution in [2.24, 2.45) is 0 Å². The lowest BCUT2D eigenvalue weighted by molar-refractivity contribution is 0.406. The average molecular weight is 297 g/mol. The van der Waals surface area contributed by atoms with Crippen molar-refractivity contribution in [3.8, 4) is 0 Å². The Balaban J connectivity index is 1.90. The lowest BCUT2D eigenvalue weighted by atomic mass is 9.71. The van der Waals surface area contributed by atoms with Crippen LogP contribution in [0.25, 0.3) is 0 Å². The standard InChI is InChI=1S/C19H23NS/c1-19(2)12-11-18(16-9-4-5-10-17(16)19)20-14-7-6-8-15(13-14)21-3/h4-10,13,18,20H,11-12H2,1-3H3. The summed E-state index contributed by atoms with van der Waals surface area (Å²) in [5.41, 5.74) is 4.47. The number of thioether (sulfide) groups is 1. The molecule has 0 heterocycles. The summed E-state index contributed by atoms with van der Waals surface area (Å²) in [6.45, 7) is 4.72. The van der Waals surface area contributed by atoms with Gasteiger partial charge in [0.15, 0.2) is 0 Å². The highest BCUT2D eigenvalue weighted by Gasteiger charge is 2.32. The summed E-state index contributed by atoms with van der Waals surface area (Å²) in [4.78, 5) is 1.31. The van der Waals surface area contributed by atoms with Crippen molar-refractivity contribution in [3.05, 3.63) is 59.7 Å². The Bertz CT molecular complexity index is 633. The molecule has 2 aromatic rings. The van der Waals surface area contributed by atoms with Crippen LogP contribution in [0.1, 0.15) is 43.9 Å². The fourth-order valence-electron chi connectivity index (χ4n) is 3.28. The lowest BCUT2D eigenvalue weighted by Gasteiger charge is -2.37. The number of hydrogen-bond acceptors (Lipinski definition) is 2. The Morgan fingerprint density at radius 3 is 2.71 bits per heavy atom. The molecule has 2 heteroatoms. The molecule has 2 aromatic carbocycles. The molecule has 0 radical (unpaired) electrons. The number of anilines is 1. The second kappa shape index (κ2) is 5.76. The van der Waals surface area contributed by atoms with E-state index in [9.17, 15) is 0 Å². The largest absolute Gasteiger partial charge is 0.378 e. The summed E-state index contributed by atoms with van der Waals surface area (Å²) in [5.74, 6) is 0. The summed E-state index contributed by atoms with van der Waals surface area (Å²) in [5, 5.41) is 3.74. The van der Waals surface area contributed by atoms with Crippen LogP contribution in [-0.2, 0) is 5.41 Å². The van der Waals surface area contributed by atoms with E-state index in [1.807, 2.05) is 0 Å². The molecule has 3 rings (SSSR count). The van der Waals surface area contributed by atoms with Gasteiger partial charge in [0, 0.05) is 10.6 Å². The van der Waals surface area contributed by atoms with Gasteiger partial charge in [0.25, 0.3) is 0 Å². The third-order valence-electron chi connectivity index (χ3n) is 4.53. The van der Waals surface area contributed by atoms with Crippen molar-refractivity contribution >= 4 is 17.4 Å². The Labute approximate surface area is 132 Å². The summed E-state index contributed by atoms with van der Waals surface area (Å²) in [6.07, 6.45) is 4.54. The molecule has 1 aliphatic carbocycles. The molecular weight excluding hydrogens is 274 g/mol. The Kier molecular flexibility index (Phi) is 3.99. The summed E-state index contributed by atoms with van der Waals surface area (Å²) < 4.78 is 0. The number of fused-ring (bicyclic) bond motifs is 1. The van der Waals surface area contributed by atoms with Crippen molar-refractivity contribution < 1.29 is 0 Å². The van der Waals surface area contributed by atoms with Gasteiger partial charge >= 0.3 is 0 Å². The topological polar surface area (TPSA) is 12.0 Å². The maximum atomic E-state index is 3.74. The van der Waals surface area contributed by atoms with Crippen LogP contribution in [0.3, 0.4) is 0 Å². The molecule has 1 N–H and O–H groups in total. The first-order valence-electron chi connectivity index (χ1n) is 7.60. The minimum atomic E-state index is 0.288. The third kappa shape index (κ3) is 2.96. The van der Waals surface area contributed by atoms with Gasteiger partial charge in [0.2, 0.25) is 0 Å². The SMILES string of the molecule is CSc1cccc(NC2CCC(C)(C)c3ccccc32)c1. The lowest BCUT2D eigenvalue weighted by Crippen LogP contribution is -2.29. The molecule has 21 heavy (non-hydrogen) atoms. The molecule has 0 fully saturated rings. The van der Waals surface area contributed by atoms with Crippen LogP contribution in [0, 0.1) is 0 Å². The fourth-order valence-corrected chi connectivity index (χ4v) is 3.74. The highest BCUT2D eigenvalue weighted by Crippen LogP contribution is 2.42. The molecule has 1 aliphatic rings. The number of hydrogen-bond donors (Lipinski definition) is 1. The van der Waals surface area contributed by atoms with E-state index in [2.05, 4.69) is 74.0 Å². The van der Waals surface area contributed by atoms with Crippen molar-refractivity contribution in [1.82, 2.24) is 0 Å². The molecule has 1 nitrogen and oxygen atoms in total. The van der Waals surface area contributed by atoms with Gasteiger partial charge in [0.05, 0.1) is 6.04 Å². The van der Waals surface area contributed by atoms with Crippen LogP contribution >= 0.6 is 11.8 Å². The molecule has 0 saturated carbocycles. The Hall–Kier alpha value is -1.41. The molecule has 1 atom stereocenters. The van der Waals surface area contributed by atoms with Crippen LogP contribution in [0.5, 0.6) is 0 Å². The number of benzene rings is 2. The Morgan fingerprint density at radius 2 is 1.90 bits per heavy atom. The molecule has 0 aromatic heterocycles. The van der Waals surface area contributed by atoms with Crippen LogP contribution in [-0.4, -0.2) is 6.26 Å². The zero-order valence-corrected chi connectivity index (χ0v) is 13.8. The fraction of sp³-hybridized carbons (Fsp3) is 0.368. The minimum Gasteiger partial charge on any atom is -0.378 e. The van der Waals surface area contributed by atoms with Gasteiger partial charge in [-0.1, -0.05) is 44.2 Å². The average Bonchev–Trinajstić information content (AvgIpc) is 2.51. The minimum absolute atomic E-state index is 0.288. The van der Waals surface area contributed by atoms with E-state index in [1.165, 1.54) is 34.6 Å². The highest BCUT2D eigenvalue weighted by molar-refractivity contribution is 7.98. The van der Waals surface area contributed by atoms with Gasteiger partial charge in [-0.25, -0.2) is 0 Å². The molecule has 110 valence electrons. The Morgan fingerprint density at radius 1 is 1.10 bits per heavy atom. The van der Waals surface area contributed by atoms with Gasteiger partial charge in [-0.3, -0.25) is 0 Å². The van der Waals surface area contributed by atoms with E-state index in [0.717, 1.165) is 0 Å². The monoisotopic (exact) mass is 297 g/mol. The molecule has 0 saturated heterocycles. The third-order valence-corrected chi connectivity index (χ3v) is 5.26. The van der Waals surface area contributed by atoms with Gasteiger partial charge in [-0.15, -0.1) is 11.8 Å². The van der Waals surface area contributed by atoms with Crippen LogP contribution in [0.2, 0.25) is 0 Å². The van der Waals surface area contributed by atoms with Gasteiger partial charge in [-0.05, 0) is 53.8 Å². The zero-order valence-electron chi connectivity index (χ0n) is 13.0. The van der Waals surface area contributed by atoms with E-state index >= 15 is 0 Å². The molecule has 1 unspecified atom stereocenters. The predicted molar refractivity (Wildman–Crippen MR) is 93.3 cm³/mol. The van der Waals surface area contributed by atoms with E-state index in [1.54, 1.807) is 11.8 Å². The van der Waals surface area contributed by atoms with E-state index in [-0.39, 0.29) is 5.41 Å². The molecular formula is C19H23NS. The quantitative estimate of drug-likeness (QED) is 0.736. The number of rotatable bonds is 3. The first-order valence-corrected chi connectivity index (χ1v) is 8.82. The van der Waals surface area contributed by atoms with E-state index < -0.39 is 0 Å². The van der Waals surface area contributed by atoms with Crippen LogP contribution < -0.4 is 5.32 Å². The van der Waals surface area contributed by atoms with Crippen LogP contribution in [0.4, 0.5) is 5.69 Å². The van der Waals surface area contributed by atoms with Crippen LogP contribution in [0.15, 0.2) is 53.4 Å². The summed E-state index contributed by atoms with van der Waals surface area (Å²) >= 11 is 1.79. The second-order valence-electron chi connectivity index (χ2n) is 6.44. The van der Waals surface area contributed by atoms with Crippen molar-refractivity contribution in [2.45, 2.75) is 43.0 Å². The van der Waals surface area contributed by atoms with Gasteiger partial charge in [-0.2, -0.15) is 0 Å². The highest BCUT2D eigenvalue weighted by atomic mass is 32.2. The van der Waals surface area contributed by atoms with E-state index in [0.29, 0.717) is 6.04 Å².